The molecule has 0 spiro atoms. The molecule has 1 amide bonds. The number of hydrogen-bond acceptors (Lipinski definition) is 3. The second kappa shape index (κ2) is 6.86. The van der Waals surface area contributed by atoms with Crippen molar-refractivity contribution in [2.45, 2.75) is 52.3 Å². The van der Waals surface area contributed by atoms with Crippen molar-refractivity contribution in [3.63, 3.8) is 0 Å². The Balaban J connectivity index is 1.76. The molecule has 1 heterocycles. The molecule has 0 bridgehead atoms. The number of aryl methyl sites for hydroxylation is 2. The first-order valence-electron chi connectivity index (χ1n) is 8.59. The second-order valence-electron chi connectivity index (χ2n) is 6.66. The van der Waals surface area contributed by atoms with Crippen molar-refractivity contribution in [2.75, 3.05) is 0 Å². The number of rotatable bonds is 6. The molecule has 3 rings (SSSR count). The zero-order valence-electron chi connectivity index (χ0n) is 15.1. The molecule has 0 unspecified atom stereocenters. The van der Waals surface area contributed by atoms with Gasteiger partial charge in [-0.15, -0.1) is 0 Å². The van der Waals surface area contributed by atoms with Crippen LogP contribution in [0.15, 0.2) is 24.3 Å². The number of carbonyl (C=O) groups excluding carboxylic acids is 1. The van der Waals surface area contributed by atoms with Crippen LogP contribution in [-0.4, -0.2) is 32.7 Å². The lowest BCUT2D eigenvalue weighted by Crippen LogP contribution is -2.41. The predicted molar refractivity (Wildman–Crippen MR) is 92.7 cm³/mol. The molecule has 1 aromatic heterocycles. The number of nitrogens with zero attached hydrogens (tertiary/aromatic N) is 3. The molecule has 1 aromatic carbocycles. The molecule has 6 heteroatoms. The highest BCUT2D eigenvalue weighted by Gasteiger charge is 2.36. The van der Waals surface area contributed by atoms with Crippen LogP contribution in [-0.2, 0) is 18.4 Å². The van der Waals surface area contributed by atoms with Crippen LogP contribution < -0.4 is 4.74 Å². The van der Waals surface area contributed by atoms with E-state index in [0.717, 1.165) is 29.8 Å². The van der Waals surface area contributed by atoms with E-state index in [0.29, 0.717) is 6.54 Å². The zero-order chi connectivity index (χ0) is 18.1. The van der Waals surface area contributed by atoms with Gasteiger partial charge in [-0.3, -0.25) is 9.48 Å². The zero-order valence-corrected chi connectivity index (χ0v) is 15.1. The average molecular weight is 345 g/mol. The minimum atomic E-state index is -0.741. The lowest BCUT2D eigenvalue weighted by atomic mass is 10.1. The molecule has 0 saturated heterocycles. The molecule has 1 aliphatic rings. The van der Waals surface area contributed by atoms with Gasteiger partial charge in [0.25, 0.3) is 5.91 Å². The molecule has 1 atom stereocenters. The van der Waals surface area contributed by atoms with Crippen molar-refractivity contribution in [3.05, 3.63) is 47.0 Å². The van der Waals surface area contributed by atoms with Gasteiger partial charge in [-0.25, -0.2) is 4.39 Å². The molecule has 25 heavy (non-hydrogen) atoms. The van der Waals surface area contributed by atoms with Crippen LogP contribution >= 0.6 is 0 Å². The largest absolute Gasteiger partial charge is 0.478 e. The quantitative estimate of drug-likeness (QED) is 0.808. The monoisotopic (exact) mass is 345 g/mol. The highest BCUT2D eigenvalue weighted by Crippen LogP contribution is 2.31. The van der Waals surface area contributed by atoms with E-state index in [2.05, 4.69) is 5.10 Å². The van der Waals surface area contributed by atoms with Crippen molar-refractivity contribution in [3.8, 4) is 5.75 Å². The predicted octanol–water partition coefficient (Wildman–Crippen LogP) is 3.13. The molecule has 5 nitrogen and oxygen atoms in total. The van der Waals surface area contributed by atoms with E-state index in [-0.39, 0.29) is 17.7 Å². The highest BCUT2D eigenvalue weighted by molar-refractivity contribution is 5.81. The summed E-state index contributed by atoms with van der Waals surface area (Å²) >= 11 is 0. The molecule has 1 fully saturated rings. The Morgan fingerprint density at radius 2 is 2.08 bits per heavy atom. The van der Waals surface area contributed by atoms with Crippen molar-refractivity contribution in [1.29, 1.82) is 0 Å². The van der Waals surface area contributed by atoms with Crippen molar-refractivity contribution >= 4 is 5.91 Å². The lowest BCUT2D eigenvalue weighted by Gasteiger charge is -2.26. The van der Waals surface area contributed by atoms with E-state index < -0.39 is 11.9 Å². The van der Waals surface area contributed by atoms with E-state index in [1.165, 1.54) is 12.1 Å². The van der Waals surface area contributed by atoms with Gasteiger partial charge in [0.05, 0.1) is 5.69 Å². The molecule has 134 valence electrons. The number of halogens is 1. The Hall–Kier alpha value is -2.37. The van der Waals surface area contributed by atoms with Crippen molar-refractivity contribution in [2.24, 2.45) is 7.05 Å². The fourth-order valence-corrected chi connectivity index (χ4v) is 3.00. The minimum Gasteiger partial charge on any atom is -0.478 e. The Bertz CT molecular complexity index is 783. The topological polar surface area (TPSA) is 47.4 Å². The Kier molecular flexibility index (Phi) is 4.79. The summed E-state index contributed by atoms with van der Waals surface area (Å²) in [4.78, 5) is 14.8. The molecule has 1 saturated carbocycles. The molecular weight excluding hydrogens is 321 g/mol. The van der Waals surface area contributed by atoms with E-state index in [9.17, 15) is 9.18 Å². The van der Waals surface area contributed by atoms with Gasteiger partial charge in [-0.2, -0.15) is 5.10 Å². The smallest absolute Gasteiger partial charge is 0.263 e. The van der Waals surface area contributed by atoms with Crippen LogP contribution in [0, 0.1) is 19.7 Å². The summed E-state index contributed by atoms with van der Waals surface area (Å²) in [6.07, 6.45) is 1.25. The maximum absolute atomic E-state index is 13.8. The number of ether oxygens (including phenoxy) is 1. The Morgan fingerprint density at radius 1 is 1.40 bits per heavy atom. The normalized spacial score (nSPS) is 15.1. The molecule has 2 aromatic rings. The van der Waals surface area contributed by atoms with Gasteiger partial charge in [0, 0.05) is 30.9 Å². The van der Waals surface area contributed by atoms with Crippen LogP contribution in [0.1, 0.15) is 36.7 Å². The first-order chi connectivity index (χ1) is 11.9. The van der Waals surface area contributed by atoms with Gasteiger partial charge in [0.1, 0.15) is 0 Å². The average Bonchev–Trinajstić information content (AvgIpc) is 3.37. The summed E-state index contributed by atoms with van der Waals surface area (Å²) in [6, 6.07) is 6.39. The van der Waals surface area contributed by atoms with Gasteiger partial charge < -0.3 is 9.64 Å². The fourth-order valence-electron chi connectivity index (χ4n) is 3.00. The summed E-state index contributed by atoms with van der Waals surface area (Å²) in [5, 5.41) is 4.42. The minimum absolute atomic E-state index is 0.104. The van der Waals surface area contributed by atoms with Gasteiger partial charge in [0.2, 0.25) is 0 Å². The summed E-state index contributed by atoms with van der Waals surface area (Å²) in [5.41, 5.74) is 3.06. The maximum atomic E-state index is 13.8. The van der Waals surface area contributed by atoms with Crippen LogP contribution in [0.5, 0.6) is 5.75 Å². The van der Waals surface area contributed by atoms with Crippen molar-refractivity contribution < 1.29 is 13.9 Å². The van der Waals surface area contributed by atoms with E-state index >= 15 is 0 Å². The molecule has 1 aliphatic carbocycles. The van der Waals surface area contributed by atoms with Gasteiger partial charge >= 0.3 is 0 Å². The first-order valence-corrected chi connectivity index (χ1v) is 8.59. The number of carbonyl (C=O) groups is 1. The molecular formula is C19H24FN3O2. The third-order valence-corrected chi connectivity index (χ3v) is 4.75. The van der Waals surface area contributed by atoms with Crippen LogP contribution in [0.25, 0.3) is 0 Å². The lowest BCUT2D eigenvalue weighted by molar-refractivity contribution is -0.139. The second-order valence-corrected chi connectivity index (χ2v) is 6.66. The van der Waals surface area contributed by atoms with E-state index in [4.69, 9.17) is 4.74 Å². The third-order valence-electron chi connectivity index (χ3n) is 4.75. The fraction of sp³-hybridized carbons (Fsp3) is 0.474. The molecule has 0 aliphatic heterocycles. The van der Waals surface area contributed by atoms with Crippen molar-refractivity contribution in [1.82, 2.24) is 14.7 Å². The number of para-hydroxylation sites is 1. The summed E-state index contributed by atoms with van der Waals surface area (Å²) < 4.78 is 21.2. The van der Waals surface area contributed by atoms with Gasteiger partial charge in [-0.05, 0) is 45.7 Å². The third kappa shape index (κ3) is 3.67. The SMILES string of the molecule is Cc1nn(C)c(C)c1CN(C(=O)[C@H](C)Oc1ccccc1F)C1CC1. The Labute approximate surface area is 147 Å². The number of benzene rings is 1. The number of aromatic nitrogens is 2. The van der Waals surface area contributed by atoms with Gasteiger partial charge in [0.15, 0.2) is 17.7 Å². The van der Waals surface area contributed by atoms with E-state index in [1.54, 1.807) is 19.1 Å². The first kappa shape index (κ1) is 17.5. The summed E-state index contributed by atoms with van der Waals surface area (Å²) in [5.74, 6) is -0.472. The molecule has 0 N–H and O–H groups in total. The standard InChI is InChI=1S/C19H24FN3O2/c1-12-16(13(2)22(4)21-12)11-23(15-9-10-15)19(24)14(3)25-18-8-6-5-7-17(18)20/h5-8,14-15H,9-11H2,1-4H3/t14-/m0/s1. The summed E-state index contributed by atoms with van der Waals surface area (Å²) in [7, 11) is 1.90. The highest BCUT2D eigenvalue weighted by atomic mass is 19.1. The maximum Gasteiger partial charge on any atom is 0.263 e. The van der Waals surface area contributed by atoms with Crippen LogP contribution in [0.3, 0.4) is 0 Å². The van der Waals surface area contributed by atoms with Crippen LogP contribution in [0.4, 0.5) is 4.39 Å². The number of hydrogen-bond donors (Lipinski definition) is 0. The van der Waals surface area contributed by atoms with Gasteiger partial charge in [-0.1, -0.05) is 12.1 Å². The van der Waals surface area contributed by atoms with E-state index in [1.807, 2.05) is 30.5 Å². The number of amides is 1. The Morgan fingerprint density at radius 3 is 2.64 bits per heavy atom. The van der Waals surface area contributed by atoms with Crippen LogP contribution in [0.2, 0.25) is 0 Å². The summed E-state index contributed by atoms with van der Waals surface area (Å²) in [6.45, 7) is 6.15. The molecule has 0 radical (unpaired) electrons.